The van der Waals surface area contributed by atoms with Gasteiger partial charge in [0.25, 0.3) is 0 Å². The summed E-state index contributed by atoms with van der Waals surface area (Å²) in [6.45, 7) is 4.88. The number of hydroxylamine groups is 2. The monoisotopic (exact) mass is 527 g/mol. The standard InChI is InChI=1S/C25H41N3O7S/c1-25(2,3)22(16-29)26-24(31)19(14-18-8-6-7-9-18)15-23(30)28(32)17-27(4)36(33,34)21-12-10-20(35-5)11-13-21/h10-13,18-19,22,29,32H,6-9,14-17H2,1-5H3,(H,26,31)/t19-,22-/m1/s1. The zero-order valence-corrected chi connectivity index (χ0v) is 22.8. The van der Waals surface area contributed by atoms with Gasteiger partial charge in [0.05, 0.1) is 24.7 Å². The maximum Gasteiger partial charge on any atom is 0.247 e. The van der Waals surface area contributed by atoms with E-state index >= 15 is 0 Å². The first-order valence-electron chi connectivity index (χ1n) is 12.3. The third-order valence-electron chi connectivity index (χ3n) is 6.82. The first-order chi connectivity index (χ1) is 16.8. The van der Waals surface area contributed by atoms with Crippen LogP contribution in [0.15, 0.2) is 29.2 Å². The van der Waals surface area contributed by atoms with Gasteiger partial charge in [-0.05, 0) is 42.0 Å². The lowest BCUT2D eigenvalue weighted by Gasteiger charge is -2.32. The molecule has 0 radical (unpaired) electrons. The number of sulfonamides is 1. The average molecular weight is 528 g/mol. The first kappa shape index (κ1) is 30.0. The average Bonchev–Trinajstić information content (AvgIpc) is 3.34. The van der Waals surface area contributed by atoms with E-state index < -0.39 is 34.6 Å². The highest BCUT2D eigenvalue weighted by Gasteiger charge is 2.33. The van der Waals surface area contributed by atoms with Gasteiger partial charge in [-0.2, -0.15) is 4.31 Å². The normalized spacial score (nSPS) is 16.6. The summed E-state index contributed by atoms with van der Waals surface area (Å²) in [6, 6.07) is 5.28. The fraction of sp³-hybridized carbons (Fsp3) is 0.680. The van der Waals surface area contributed by atoms with Crippen LogP contribution in [0.1, 0.15) is 59.3 Å². The Labute approximate surface area is 214 Å². The number of benzene rings is 1. The first-order valence-corrected chi connectivity index (χ1v) is 13.7. The molecular weight excluding hydrogens is 486 g/mol. The van der Waals surface area contributed by atoms with Crippen molar-refractivity contribution in [1.29, 1.82) is 0 Å². The predicted octanol–water partition coefficient (Wildman–Crippen LogP) is 2.60. The van der Waals surface area contributed by atoms with Crippen molar-refractivity contribution in [2.24, 2.45) is 17.3 Å². The second kappa shape index (κ2) is 12.8. The number of methoxy groups -OCH3 is 1. The molecule has 10 nitrogen and oxygen atoms in total. The molecule has 2 amide bonds. The second-order valence-corrected chi connectivity index (χ2v) is 12.7. The van der Waals surface area contributed by atoms with Crippen molar-refractivity contribution in [3.8, 4) is 5.75 Å². The summed E-state index contributed by atoms with van der Waals surface area (Å²) in [6.07, 6.45) is 4.34. The molecule has 1 saturated carbocycles. The van der Waals surface area contributed by atoms with Crippen LogP contribution in [0.4, 0.5) is 0 Å². The van der Waals surface area contributed by atoms with Crippen molar-refractivity contribution in [2.75, 3.05) is 27.4 Å². The van der Waals surface area contributed by atoms with Gasteiger partial charge in [0.1, 0.15) is 12.4 Å². The molecule has 0 aromatic heterocycles. The van der Waals surface area contributed by atoms with Crippen molar-refractivity contribution in [1.82, 2.24) is 14.7 Å². The zero-order valence-electron chi connectivity index (χ0n) is 21.9. The highest BCUT2D eigenvalue weighted by molar-refractivity contribution is 7.89. The van der Waals surface area contributed by atoms with E-state index in [1.807, 2.05) is 20.8 Å². The number of aliphatic hydroxyl groups excluding tert-OH is 1. The lowest BCUT2D eigenvalue weighted by molar-refractivity contribution is -0.172. The molecule has 1 aliphatic carbocycles. The van der Waals surface area contributed by atoms with Crippen LogP contribution in [-0.4, -0.2) is 73.4 Å². The van der Waals surface area contributed by atoms with E-state index in [2.05, 4.69) is 5.32 Å². The Morgan fingerprint density at radius 2 is 1.75 bits per heavy atom. The second-order valence-electron chi connectivity index (χ2n) is 10.6. The predicted molar refractivity (Wildman–Crippen MR) is 135 cm³/mol. The molecule has 0 aliphatic heterocycles. The highest BCUT2D eigenvalue weighted by atomic mass is 32.2. The third-order valence-corrected chi connectivity index (χ3v) is 8.62. The summed E-state index contributed by atoms with van der Waals surface area (Å²) in [5, 5.41) is 23.4. The molecule has 0 heterocycles. The minimum Gasteiger partial charge on any atom is -0.497 e. The largest absolute Gasteiger partial charge is 0.497 e. The maximum atomic E-state index is 13.1. The van der Waals surface area contributed by atoms with Crippen LogP contribution >= 0.6 is 0 Å². The van der Waals surface area contributed by atoms with E-state index in [1.54, 1.807) is 0 Å². The number of carbonyl (C=O) groups is 2. The summed E-state index contributed by atoms with van der Waals surface area (Å²) in [5.74, 6) is -0.994. The smallest absolute Gasteiger partial charge is 0.247 e. The van der Waals surface area contributed by atoms with Crippen LogP contribution in [0.25, 0.3) is 0 Å². The van der Waals surface area contributed by atoms with Crippen molar-refractivity contribution in [2.45, 2.75) is 70.2 Å². The van der Waals surface area contributed by atoms with Crippen molar-refractivity contribution < 1.29 is 33.1 Å². The van der Waals surface area contributed by atoms with Gasteiger partial charge < -0.3 is 15.2 Å². The molecule has 0 unspecified atom stereocenters. The van der Waals surface area contributed by atoms with Crippen LogP contribution in [0.5, 0.6) is 5.75 Å². The van der Waals surface area contributed by atoms with Gasteiger partial charge >= 0.3 is 0 Å². The summed E-state index contributed by atoms with van der Waals surface area (Å²) >= 11 is 0. The number of amides is 2. The van der Waals surface area contributed by atoms with Crippen LogP contribution in [0.3, 0.4) is 0 Å². The molecular formula is C25H41N3O7S. The van der Waals surface area contributed by atoms with Gasteiger partial charge in [0.15, 0.2) is 0 Å². The molecule has 2 atom stereocenters. The van der Waals surface area contributed by atoms with E-state index in [9.17, 15) is 28.3 Å². The van der Waals surface area contributed by atoms with Crippen molar-refractivity contribution in [3.63, 3.8) is 0 Å². The zero-order chi connectivity index (χ0) is 27.1. The Hall–Kier alpha value is -2.21. The highest BCUT2D eigenvalue weighted by Crippen LogP contribution is 2.32. The van der Waals surface area contributed by atoms with Gasteiger partial charge in [-0.15, -0.1) is 0 Å². The lowest BCUT2D eigenvalue weighted by Crippen LogP contribution is -2.49. The molecule has 0 saturated heterocycles. The number of nitrogens with one attached hydrogen (secondary N) is 1. The minimum absolute atomic E-state index is 0.0117. The fourth-order valence-corrected chi connectivity index (χ4v) is 5.45. The summed E-state index contributed by atoms with van der Waals surface area (Å²) in [7, 11) is -1.25. The Kier molecular flexibility index (Phi) is 10.7. The summed E-state index contributed by atoms with van der Waals surface area (Å²) in [5.41, 5.74) is -0.381. The molecule has 1 aromatic carbocycles. The van der Waals surface area contributed by atoms with E-state index in [4.69, 9.17) is 4.74 Å². The third kappa shape index (κ3) is 8.16. The van der Waals surface area contributed by atoms with Crippen LogP contribution < -0.4 is 10.1 Å². The summed E-state index contributed by atoms with van der Waals surface area (Å²) < 4.78 is 31.6. The fourth-order valence-electron chi connectivity index (χ4n) is 4.34. The Morgan fingerprint density at radius 3 is 2.25 bits per heavy atom. The van der Waals surface area contributed by atoms with E-state index in [0.717, 1.165) is 30.0 Å². The maximum absolute atomic E-state index is 13.1. The van der Waals surface area contributed by atoms with E-state index in [1.165, 1.54) is 38.4 Å². The van der Waals surface area contributed by atoms with Crippen molar-refractivity contribution in [3.05, 3.63) is 24.3 Å². The van der Waals surface area contributed by atoms with Gasteiger partial charge in [0.2, 0.25) is 21.8 Å². The number of nitrogens with zero attached hydrogens (tertiary/aromatic N) is 2. The molecule has 0 bridgehead atoms. The Balaban J connectivity index is 2.09. The topological polar surface area (TPSA) is 136 Å². The number of hydrogen-bond acceptors (Lipinski definition) is 7. The molecule has 0 spiro atoms. The number of ether oxygens (including phenoxy) is 1. The molecule has 1 fully saturated rings. The van der Waals surface area contributed by atoms with E-state index in [0.29, 0.717) is 23.2 Å². The number of rotatable bonds is 12. The molecule has 11 heteroatoms. The van der Waals surface area contributed by atoms with E-state index in [-0.39, 0.29) is 29.2 Å². The Morgan fingerprint density at radius 1 is 1.17 bits per heavy atom. The van der Waals surface area contributed by atoms with Gasteiger partial charge in [-0.25, -0.2) is 13.5 Å². The van der Waals surface area contributed by atoms with Gasteiger partial charge in [-0.1, -0.05) is 46.5 Å². The molecule has 1 aliphatic rings. The number of aliphatic hydroxyl groups is 1. The number of hydrogen-bond donors (Lipinski definition) is 3. The minimum atomic E-state index is -3.97. The quantitative estimate of drug-likeness (QED) is 0.216. The van der Waals surface area contributed by atoms with Crippen LogP contribution in [0, 0.1) is 17.3 Å². The van der Waals surface area contributed by atoms with Crippen molar-refractivity contribution >= 4 is 21.8 Å². The molecule has 204 valence electrons. The van der Waals surface area contributed by atoms with Gasteiger partial charge in [-0.3, -0.25) is 14.8 Å². The SMILES string of the molecule is COc1ccc(S(=O)(=O)N(C)CN(O)C(=O)C[C@@H](CC2CCCC2)C(=O)N[C@H](CO)C(C)(C)C)cc1. The van der Waals surface area contributed by atoms with Gasteiger partial charge in [0, 0.05) is 19.4 Å². The molecule has 2 rings (SSSR count). The Bertz CT molecular complexity index is 970. The number of carbonyl (C=O) groups excluding carboxylic acids is 2. The molecule has 36 heavy (non-hydrogen) atoms. The van der Waals surface area contributed by atoms with Crippen LogP contribution in [0.2, 0.25) is 0 Å². The van der Waals surface area contributed by atoms with Crippen LogP contribution in [-0.2, 0) is 19.6 Å². The molecule has 3 N–H and O–H groups in total. The summed E-state index contributed by atoms with van der Waals surface area (Å²) in [4.78, 5) is 26.0. The molecule has 1 aromatic rings. The lowest BCUT2D eigenvalue weighted by atomic mass is 9.85.